The van der Waals surface area contributed by atoms with Crippen molar-refractivity contribution in [2.24, 2.45) is 0 Å². The van der Waals surface area contributed by atoms with Crippen LogP contribution in [0.5, 0.6) is 0 Å². The Morgan fingerprint density at radius 1 is 1.53 bits per heavy atom. The maximum Gasteiger partial charge on any atom is 0.152 e. The molecule has 17 heavy (non-hydrogen) atoms. The summed E-state index contributed by atoms with van der Waals surface area (Å²) >= 11 is 5.97. The summed E-state index contributed by atoms with van der Waals surface area (Å²) in [5.74, 6) is 0. The molecule has 0 saturated heterocycles. The van der Waals surface area contributed by atoms with Crippen molar-refractivity contribution in [3.8, 4) is 0 Å². The molecular formula is C13H15ClN2O. The maximum atomic E-state index is 11.1. The number of fused-ring (bicyclic) bond motifs is 1. The Bertz CT molecular complexity index is 560. The number of nitrogens with zero attached hydrogens (tertiary/aromatic N) is 2. The van der Waals surface area contributed by atoms with Crippen LogP contribution in [0.2, 0.25) is 5.15 Å². The quantitative estimate of drug-likeness (QED) is 0.614. The third-order valence-corrected chi connectivity index (χ3v) is 3.10. The average Bonchev–Trinajstić information content (AvgIpc) is 2.64. The molecule has 4 heteroatoms. The summed E-state index contributed by atoms with van der Waals surface area (Å²) in [5.41, 5.74) is 2.50. The molecular weight excluding hydrogens is 236 g/mol. The van der Waals surface area contributed by atoms with Crippen molar-refractivity contribution in [3.05, 3.63) is 28.5 Å². The summed E-state index contributed by atoms with van der Waals surface area (Å²) in [6, 6.07) is 1.79. The van der Waals surface area contributed by atoms with Crippen molar-refractivity contribution < 1.29 is 4.79 Å². The van der Waals surface area contributed by atoms with Gasteiger partial charge in [-0.25, -0.2) is 4.98 Å². The number of aryl methyl sites for hydroxylation is 2. The second-order valence-corrected chi connectivity index (χ2v) is 4.60. The van der Waals surface area contributed by atoms with E-state index < -0.39 is 0 Å². The first-order chi connectivity index (χ1) is 8.17. The average molecular weight is 251 g/mol. The van der Waals surface area contributed by atoms with Gasteiger partial charge in [-0.1, -0.05) is 24.9 Å². The maximum absolute atomic E-state index is 11.1. The lowest BCUT2D eigenvalue weighted by molar-refractivity contribution is 0.112. The van der Waals surface area contributed by atoms with Gasteiger partial charge in [-0.2, -0.15) is 0 Å². The highest BCUT2D eigenvalue weighted by Crippen LogP contribution is 2.25. The Kier molecular flexibility index (Phi) is 3.48. The smallest absolute Gasteiger partial charge is 0.152 e. The van der Waals surface area contributed by atoms with Gasteiger partial charge >= 0.3 is 0 Å². The van der Waals surface area contributed by atoms with Gasteiger partial charge in [-0.3, -0.25) is 4.79 Å². The van der Waals surface area contributed by atoms with Crippen molar-refractivity contribution in [2.75, 3.05) is 0 Å². The van der Waals surface area contributed by atoms with Gasteiger partial charge in [0.15, 0.2) is 6.29 Å². The summed E-state index contributed by atoms with van der Waals surface area (Å²) in [6.45, 7) is 4.96. The number of pyridine rings is 1. The van der Waals surface area contributed by atoms with Crippen LogP contribution in [-0.4, -0.2) is 15.8 Å². The molecule has 0 aliphatic carbocycles. The van der Waals surface area contributed by atoms with Crippen molar-refractivity contribution in [3.63, 3.8) is 0 Å². The number of hydrogen-bond acceptors (Lipinski definition) is 2. The van der Waals surface area contributed by atoms with Crippen LogP contribution in [0.25, 0.3) is 11.0 Å². The number of rotatable bonds is 4. The fourth-order valence-corrected chi connectivity index (χ4v) is 2.31. The normalized spacial score (nSPS) is 11.0. The number of aldehydes is 1. The summed E-state index contributed by atoms with van der Waals surface area (Å²) in [4.78, 5) is 15.4. The van der Waals surface area contributed by atoms with Gasteiger partial charge < -0.3 is 4.57 Å². The van der Waals surface area contributed by atoms with Crippen molar-refractivity contribution in [1.29, 1.82) is 0 Å². The molecule has 0 amide bonds. The van der Waals surface area contributed by atoms with Gasteiger partial charge in [0.05, 0.1) is 0 Å². The zero-order valence-corrected chi connectivity index (χ0v) is 10.8. The van der Waals surface area contributed by atoms with Crippen LogP contribution in [0, 0.1) is 6.92 Å². The molecule has 0 unspecified atom stereocenters. The van der Waals surface area contributed by atoms with Gasteiger partial charge in [0.2, 0.25) is 0 Å². The van der Waals surface area contributed by atoms with E-state index in [1.807, 2.05) is 17.7 Å². The molecule has 0 spiro atoms. The van der Waals surface area contributed by atoms with Gasteiger partial charge in [0.25, 0.3) is 0 Å². The number of aromatic nitrogens is 2. The minimum Gasteiger partial charge on any atom is -0.332 e. The molecule has 3 nitrogen and oxygen atoms in total. The molecule has 2 aromatic heterocycles. The zero-order valence-electron chi connectivity index (χ0n) is 10.0. The van der Waals surface area contributed by atoms with E-state index in [1.54, 1.807) is 6.07 Å². The van der Waals surface area contributed by atoms with E-state index in [0.717, 1.165) is 42.3 Å². The lowest BCUT2D eigenvalue weighted by atomic mass is 10.1. The SMILES string of the molecule is CCCCn1cc(C=O)c2c(C)cc(Cl)nc21. The van der Waals surface area contributed by atoms with Crippen LogP contribution in [0.4, 0.5) is 0 Å². The third kappa shape index (κ3) is 2.20. The van der Waals surface area contributed by atoms with Crippen LogP contribution in [0.3, 0.4) is 0 Å². The molecule has 2 aromatic rings. The molecule has 0 N–H and O–H groups in total. The van der Waals surface area contributed by atoms with Gasteiger partial charge in [-0.05, 0) is 25.0 Å². The number of carbonyl (C=O) groups is 1. The first-order valence-corrected chi connectivity index (χ1v) is 6.16. The van der Waals surface area contributed by atoms with Crippen LogP contribution in [0.1, 0.15) is 35.7 Å². The first kappa shape index (κ1) is 12.1. The van der Waals surface area contributed by atoms with E-state index in [2.05, 4.69) is 11.9 Å². The molecule has 0 aromatic carbocycles. The monoisotopic (exact) mass is 250 g/mol. The topological polar surface area (TPSA) is 34.9 Å². The molecule has 0 atom stereocenters. The van der Waals surface area contributed by atoms with E-state index in [-0.39, 0.29) is 0 Å². The van der Waals surface area contributed by atoms with Crippen LogP contribution < -0.4 is 0 Å². The number of unbranched alkanes of at least 4 members (excludes halogenated alkanes) is 1. The van der Waals surface area contributed by atoms with Gasteiger partial charge in [0, 0.05) is 23.7 Å². The lowest BCUT2D eigenvalue weighted by Crippen LogP contribution is -1.97. The summed E-state index contributed by atoms with van der Waals surface area (Å²) in [7, 11) is 0. The highest BCUT2D eigenvalue weighted by Gasteiger charge is 2.12. The fourth-order valence-electron chi connectivity index (χ4n) is 2.06. The molecule has 0 bridgehead atoms. The predicted octanol–water partition coefficient (Wildman–Crippen LogP) is 3.61. The molecule has 0 aliphatic rings. The molecule has 0 saturated carbocycles. The molecule has 0 fully saturated rings. The first-order valence-electron chi connectivity index (χ1n) is 5.78. The minimum atomic E-state index is 0.475. The minimum absolute atomic E-state index is 0.475. The highest BCUT2D eigenvalue weighted by atomic mass is 35.5. The van der Waals surface area contributed by atoms with Crippen molar-refractivity contribution >= 4 is 28.9 Å². The van der Waals surface area contributed by atoms with E-state index >= 15 is 0 Å². The Morgan fingerprint density at radius 2 is 2.29 bits per heavy atom. The summed E-state index contributed by atoms with van der Waals surface area (Å²) < 4.78 is 2.02. The van der Waals surface area contributed by atoms with Crippen LogP contribution >= 0.6 is 11.6 Å². The Labute approximate surface area is 105 Å². The predicted molar refractivity (Wildman–Crippen MR) is 69.8 cm³/mol. The van der Waals surface area contributed by atoms with E-state index in [4.69, 9.17) is 11.6 Å². The van der Waals surface area contributed by atoms with E-state index in [9.17, 15) is 4.79 Å². The second kappa shape index (κ2) is 4.88. The number of hydrogen-bond donors (Lipinski definition) is 0. The summed E-state index contributed by atoms with van der Waals surface area (Å²) in [6.07, 6.45) is 4.92. The van der Waals surface area contributed by atoms with Gasteiger partial charge in [-0.15, -0.1) is 0 Å². The summed E-state index contributed by atoms with van der Waals surface area (Å²) in [5, 5.41) is 1.39. The number of carbonyl (C=O) groups excluding carboxylic acids is 1. The fraction of sp³-hybridized carbons (Fsp3) is 0.385. The molecule has 0 aliphatic heterocycles. The third-order valence-electron chi connectivity index (χ3n) is 2.90. The van der Waals surface area contributed by atoms with Crippen LogP contribution in [0.15, 0.2) is 12.3 Å². The Balaban J connectivity index is 2.64. The molecule has 90 valence electrons. The zero-order chi connectivity index (χ0) is 12.4. The van der Waals surface area contributed by atoms with E-state index in [1.165, 1.54) is 0 Å². The Morgan fingerprint density at radius 3 is 2.94 bits per heavy atom. The van der Waals surface area contributed by atoms with E-state index in [0.29, 0.717) is 10.7 Å². The number of halogens is 1. The van der Waals surface area contributed by atoms with Crippen LogP contribution in [-0.2, 0) is 6.54 Å². The second-order valence-electron chi connectivity index (χ2n) is 4.21. The molecule has 0 radical (unpaired) electrons. The van der Waals surface area contributed by atoms with Crippen molar-refractivity contribution in [1.82, 2.24) is 9.55 Å². The molecule has 2 rings (SSSR count). The lowest BCUT2D eigenvalue weighted by Gasteiger charge is -2.04. The Hall–Kier alpha value is -1.35. The van der Waals surface area contributed by atoms with Gasteiger partial charge in [0.1, 0.15) is 10.8 Å². The highest BCUT2D eigenvalue weighted by molar-refractivity contribution is 6.30. The largest absolute Gasteiger partial charge is 0.332 e. The molecule has 2 heterocycles. The standard InChI is InChI=1S/C13H15ClN2O/c1-3-4-5-16-7-10(8-17)12-9(2)6-11(14)15-13(12)16/h6-8H,3-5H2,1-2H3. The van der Waals surface area contributed by atoms with Crippen molar-refractivity contribution in [2.45, 2.75) is 33.2 Å².